The number of amides is 2. The molecule has 1 fully saturated rings. The topological polar surface area (TPSA) is 123 Å². The fourth-order valence-corrected chi connectivity index (χ4v) is 5.79. The minimum Gasteiger partial charge on any atom is -0.496 e. The molecule has 10 nitrogen and oxygen atoms in total. The summed E-state index contributed by atoms with van der Waals surface area (Å²) in [5.74, 6) is -0.732. The summed E-state index contributed by atoms with van der Waals surface area (Å²) in [6, 6.07) is 13.9. The van der Waals surface area contributed by atoms with Crippen LogP contribution in [-0.2, 0) is 25.4 Å². The molecule has 12 heteroatoms. The van der Waals surface area contributed by atoms with Crippen LogP contribution >= 0.6 is 11.6 Å². The molecule has 4 aromatic rings. The van der Waals surface area contributed by atoms with Crippen LogP contribution in [0, 0.1) is 12.7 Å². The predicted molar refractivity (Wildman–Crippen MR) is 171 cm³/mol. The zero-order valence-electron chi connectivity index (χ0n) is 25.3. The number of carbonyl (C=O) groups is 2. The Morgan fingerprint density at radius 1 is 1.09 bits per heavy atom. The summed E-state index contributed by atoms with van der Waals surface area (Å²) in [6.45, 7) is 2.53. The number of methoxy groups -OCH3 is 1. The van der Waals surface area contributed by atoms with Crippen LogP contribution in [0.3, 0.4) is 0 Å². The first-order valence-electron chi connectivity index (χ1n) is 14.3. The maximum absolute atomic E-state index is 15.5. The molecule has 0 radical (unpaired) electrons. The number of hydrogen-bond acceptors (Lipinski definition) is 6. The lowest BCUT2D eigenvalue weighted by Gasteiger charge is -2.24. The van der Waals surface area contributed by atoms with Crippen molar-refractivity contribution in [3.63, 3.8) is 0 Å². The van der Waals surface area contributed by atoms with Gasteiger partial charge in [-0.3, -0.25) is 19.0 Å². The van der Waals surface area contributed by atoms with Crippen LogP contribution in [0.2, 0.25) is 5.02 Å². The molecule has 234 valence electrons. The number of halogens is 2. The number of nitrogens with one attached hydrogen (secondary N) is 3. The first-order valence-corrected chi connectivity index (χ1v) is 14.7. The number of ether oxygens (including phenoxy) is 1. The van der Waals surface area contributed by atoms with Gasteiger partial charge in [-0.05, 0) is 48.2 Å². The number of carbonyl (C=O) groups excluding carboxylic acids is 2. The Morgan fingerprint density at radius 3 is 2.51 bits per heavy atom. The van der Waals surface area contributed by atoms with Gasteiger partial charge >= 0.3 is 5.69 Å². The molecule has 0 unspecified atom stereocenters. The molecule has 3 aromatic carbocycles. The van der Waals surface area contributed by atoms with E-state index in [-0.39, 0.29) is 24.1 Å². The molecule has 0 aliphatic carbocycles. The summed E-state index contributed by atoms with van der Waals surface area (Å²) in [5, 5.41) is 9.27. The van der Waals surface area contributed by atoms with E-state index in [1.807, 2.05) is 25.1 Å². The lowest BCUT2D eigenvalue weighted by Crippen LogP contribution is -2.45. The number of aromatic nitrogens is 2. The van der Waals surface area contributed by atoms with Crippen LogP contribution in [0.25, 0.3) is 22.3 Å². The first-order chi connectivity index (χ1) is 21.5. The van der Waals surface area contributed by atoms with Gasteiger partial charge in [0.1, 0.15) is 17.1 Å². The van der Waals surface area contributed by atoms with Crippen LogP contribution in [0.5, 0.6) is 5.75 Å². The molecule has 1 aliphatic heterocycles. The average molecular weight is 634 g/mol. The number of piperidine rings is 1. The van der Waals surface area contributed by atoms with Gasteiger partial charge in [0.25, 0.3) is 11.5 Å². The monoisotopic (exact) mass is 633 g/mol. The predicted octanol–water partition coefficient (Wildman–Crippen LogP) is 4.15. The third-order valence-electron chi connectivity index (χ3n) is 8.08. The van der Waals surface area contributed by atoms with Crippen molar-refractivity contribution in [1.82, 2.24) is 19.8 Å². The minimum atomic E-state index is -0.702. The van der Waals surface area contributed by atoms with Gasteiger partial charge in [0.15, 0.2) is 0 Å². The second-order valence-electron chi connectivity index (χ2n) is 11.0. The molecule has 0 spiro atoms. The molecule has 5 rings (SSSR count). The van der Waals surface area contributed by atoms with Crippen molar-refractivity contribution in [2.75, 3.05) is 19.0 Å². The van der Waals surface area contributed by atoms with E-state index in [9.17, 15) is 19.2 Å². The van der Waals surface area contributed by atoms with Crippen LogP contribution in [0.4, 0.5) is 10.1 Å². The summed E-state index contributed by atoms with van der Waals surface area (Å²) in [6.07, 6.45) is 2.31. The van der Waals surface area contributed by atoms with Gasteiger partial charge in [-0.1, -0.05) is 41.9 Å². The number of rotatable bonds is 8. The first kappa shape index (κ1) is 31.7. The number of anilines is 1. The summed E-state index contributed by atoms with van der Waals surface area (Å²) >= 11 is 6.96. The van der Waals surface area contributed by atoms with E-state index in [1.54, 1.807) is 24.3 Å². The molecular weight excluding hydrogens is 601 g/mol. The normalized spacial score (nSPS) is 14.6. The van der Waals surface area contributed by atoms with Crippen LogP contribution in [0.15, 0.2) is 64.3 Å². The molecule has 1 saturated heterocycles. The Morgan fingerprint density at radius 2 is 1.80 bits per heavy atom. The summed E-state index contributed by atoms with van der Waals surface area (Å²) in [5.41, 5.74) is 2.60. The Balaban J connectivity index is 1.44. The maximum atomic E-state index is 15.5. The standard InChI is InChI=1S/C33H33ClFN5O5/c1-18-21(7-6-10-27(18)38-31(42)25-17-39(2)33(44)40(3)32(25)43)23-9-5-8-22(30(23)34)19-13-26(35)24(28(14-19)45-4)16-36-20-11-12-29(41)37-15-20/h5-10,13-14,17,20,36H,11-12,15-16H2,1-4H3,(H,37,41)(H,38,42)/t20-/m0/s1. The summed E-state index contributed by atoms with van der Waals surface area (Å²) < 4.78 is 23.1. The number of nitrogens with zero attached hydrogens (tertiary/aromatic N) is 2. The van der Waals surface area contributed by atoms with Gasteiger partial charge in [-0.2, -0.15) is 0 Å². The van der Waals surface area contributed by atoms with Gasteiger partial charge in [0.05, 0.1) is 12.1 Å². The Bertz CT molecular complexity index is 1930. The van der Waals surface area contributed by atoms with Crippen molar-refractivity contribution in [3.05, 3.63) is 103 Å². The van der Waals surface area contributed by atoms with Crippen molar-refractivity contribution in [2.24, 2.45) is 14.1 Å². The van der Waals surface area contributed by atoms with E-state index in [0.29, 0.717) is 63.7 Å². The highest BCUT2D eigenvalue weighted by Crippen LogP contribution is 2.40. The van der Waals surface area contributed by atoms with Crippen molar-refractivity contribution < 1.29 is 18.7 Å². The lowest BCUT2D eigenvalue weighted by molar-refractivity contribution is -0.122. The molecule has 1 atom stereocenters. The number of aryl methyl sites for hydroxylation is 1. The quantitative estimate of drug-likeness (QED) is 0.268. The van der Waals surface area contributed by atoms with Gasteiger partial charge < -0.3 is 25.3 Å². The van der Waals surface area contributed by atoms with E-state index in [4.69, 9.17) is 16.3 Å². The average Bonchev–Trinajstić information content (AvgIpc) is 3.03. The number of benzene rings is 3. The van der Waals surface area contributed by atoms with E-state index in [1.165, 1.54) is 38.0 Å². The van der Waals surface area contributed by atoms with E-state index < -0.39 is 23.0 Å². The van der Waals surface area contributed by atoms with Gasteiger partial charge in [0, 0.05) is 68.2 Å². The van der Waals surface area contributed by atoms with Crippen molar-refractivity contribution in [3.8, 4) is 28.0 Å². The second kappa shape index (κ2) is 13.1. The van der Waals surface area contributed by atoms with E-state index >= 15 is 4.39 Å². The second-order valence-corrected chi connectivity index (χ2v) is 11.3. The molecule has 0 saturated carbocycles. The third-order valence-corrected chi connectivity index (χ3v) is 8.49. The maximum Gasteiger partial charge on any atom is 0.330 e. The number of hydrogen-bond donors (Lipinski definition) is 3. The molecule has 0 bridgehead atoms. The highest BCUT2D eigenvalue weighted by atomic mass is 35.5. The van der Waals surface area contributed by atoms with Crippen LogP contribution < -0.4 is 31.9 Å². The van der Waals surface area contributed by atoms with E-state index in [2.05, 4.69) is 16.0 Å². The molecule has 2 amide bonds. The minimum absolute atomic E-state index is 0.0142. The molecular formula is C33H33ClFN5O5. The summed E-state index contributed by atoms with van der Waals surface area (Å²) in [4.78, 5) is 49.2. The highest BCUT2D eigenvalue weighted by molar-refractivity contribution is 6.36. The fourth-order valence-electron chi connectivity index (χ4n) is 5.45. The van der Waals surface area contributed by atoms with Crippen molar-refractivity contribution >= 4 is 29.1 Å². The largest absolute Gasteiger partial charge is 0.496 e. The molecule has 45 heavy (non-hydrogen) atoms. The highest BCUT2D eigenvalue weighted by Gasteiger charge is 2.22. The smallest absolute Gasteiger partial charge is 0.330 e. The Labute approximate surface area is 263 Å². The Kier molecular flexibility index (Phi) is 9.21. The third kappa shape index (κ3) is 6.40. The van der Waals surface area contributed by atoms with Gasteiger partial charge in [-0.25, -0.2) is 9.18 Å². The van der Waals surface area contributed by atoms with Gasteiger partial charge in [0.2, 0.25) is 5.91 Å². The SMILES string of the molecule is COc1cc(-c2cccc(-c3cccc(NC(=O)c4cn(C)c(=O)n(C)c4=O)c3C)c2Cl)cc(F)c1CN[C@H]1CCC(=O)NC1. The van der Waals surface area contributed by atoms with Gasteiger partial charge in [-0.15, -0.1) is 0 Å². The summed E-state index contributed by atoms with van der Waals surface area (Å²) in [7, 11) is 4.26. The molecule has 3 N–H and O–H groups in total. The lowest BCUT2D eigenvalue weighted by atomic mass is 9.94. The van der Waals surface area contributed by atoms with Crippen molar-refractivity contribution in [2.45, 2.75) is 32.4 Å². The van der Waals surface area contributed by atoms with Crippen molar-refractivity contribution in [1.29, 1.82) is 0 Å². The fraction of sp³-hybridized carbons (Fsp3) is 0.273. The zero-order chi connectivity index (χ0) is 32.4. The Hall–Kier alpha value is -4.74. The molecule has 1 aromatic heterocycles. The van der Waals surface area contributed by atoms with Crippen LogP contribution in [0.1, 0.15) is 34.3 Å². The molecule has 2 heterocycles. The van der Waals surface area contributed by atoms with Crippen LogP contribution in [-0.4, -0.2) is 40.6 Å². The molecule has 1 aliphatic rings. The zero-order valence-corrected chi connectivity index (χ0v) is 26.0. The van der Waals surface area contributed by atoms with E-state index in [0.717, 1.165) is 10.1 Å².